The molecule has 3 unspecified atom stereocenters. The molecule has 176 valence electrons. The molecule has 3 aromatic rings. The first-order valence-corrected chi connectivity index (χ1v) is 11.7. The van der Waals surface area contributed by atoms with Crippen LogP contribution in [0.4, 0.5) is 11.4 Å². The van der Waals surface area contributed by atoms with Crippen molar-refractivity contribution in [3.05, 3.63) is 95.5 Å². The summed E-state index contributed by atoms with van der Waals surface area (Å²) in [6, 6.07) is 23.7. The molecule has 0 saturated carbocycles. The van der Waals surface area contributed by atoms with Gasteiger partial charge in [-0.2, -0.15) is 5.10 Å². The SMILES string of the molecule is CCOC(=O)C1=NN(c2ccc(Cl)cc2)C2C(=O)N(c3ccccc3)C(=O)C2C1c1ccccc1. The summed E-state index contributed by atoms with van der Waals surface area (Å²) in [7, 11) is 0. The van der Waals surface area contributed by atoms with Crippen LogP contribution in [0.5, 0.6) is 0 Å². The molecular formula is C27H22ClN3O4. The van der Waals surface area contributed by atoms with E-state index in [1.54, 1.807) is 55.5 Å². The molecule has 0 radical (unpaired) electrons. The number of carbonyl (C=O) groups excluding carboxylic acids is 3. The summed E-state index contributed by atoms with van der Waals surface area (Å²) in [5, 5.41) is 6.61. The molecule has 2 heterocycles. The molecule has 2 aliphatic rings. The Morgan fingerprint density at radius 3 is 2.14 bits per heavy atom. The fourth-order valence-corrected chi connectivity index (χ4v) is 4.84. The van der Waals surface area contributed by atoms with Crippen molar-refractivity contribution in [3.8, 4) is 0 Å². The molecule has 8 heteroatoms. The average molecular weight is 488 g/mol. The number of halogens is 1. The summed E-state index contributed by atoms with van der Waals surface area (Å²) >= 11 is 6.08. The molecule has 2 amide bonds. The molecule has 7 nitrogen and oxygen atoms in total. The minimum Gasteiger partial charge on any atom is -0.461 e. The van der Waals surface area contributed by atoms with Crippen LogP contribution in [0, 0.1) is 5.92 Å². The smallest absolute Gasteiger partial charge is 0.355 e. The molecule has 0 spiro atoms. The number of rotatable bonds is 5. The predicted molar refractivity (Wildman–Crippen MR) is 133 cm³/mol. The molecule has 0 aliphatic carbocycles. The van der Waals surface area contributed by atoms with Crippen molar-refractivity contribution >= 4 is 46.5 Å². The van der Waals surface area contributed by atoms with E-state index in [2.05, 4.69) is 5.10 Å². The van der Waals surface area contributed by atoms with E-state index >= 15 is 0 Å². The van der Waals surface area contributed by atoms with Crippen LogP contribution in [0.2, 0.25) is 5.02 Å². The van der Waals surface area contributed by atoms with Gasteiger partial charge in [0.25, 0.3) is 5.91 Å². The Kier molecular flexibility index (Phi) is 6.09. The minimum atomic E-state index is -0.952. The maximum absolute atomic E-state index is 13.9. The van der Waals surface area contributed by atoms with E-state index in [4.69, 9.17) is 16.3 Å². The van der Waals surface area contributed by atoms with Crippen molar-refractivity contribution in [2.45, 2.75) is 18.9 Å². The second-order valence-electron chi connectivity index (χ2n) is 8.23. The third-order valence-electron chi connectivity index (χ3n) is 6.20. The van der Waals surface area contributed by atoms with Crippen LogP contribution in [0.15, 0.2) is 90.0 Å². The number of para-hydroxylation sites is 1. The van der Waals surface area contributed by atoms with E-state index in [1.165, 1.54) is 9.91 Å². The Bertz CT molecular complexity index is 1300. The van der Waals surface area contributed by atoms with Crippen LogP contribution < -0.4 is 9.91 Å². The molecule has 5 rings (SSSR count). The highest BCUT2D eigenvalue weighted by atomic mass is 35.5. The maximum atomic E-state index is 13.9. The number of amides is 2. The van der Waals surface area contributed by atoms with Crippen molar-refractivity contribution < 1.29 is 19.1 Å². The fourth-order valence-electron chi connectivity index (χ4n) is 4.71. The molecule has 0 bridgehead atoms. The van der Waals surface area contributed by atoms with E-state index < -0.39 is 35.7 Å². The highest BCUT2D eigenvalue weighted by molar-refractivity contribution is 6.41. The summed E-state index contributed by atoms with van der Waals surface area (Å²) < 4.78 is 5.33. The van der Waals surface area contributed by atoms with E-state index in [-0.39, 0.29) is 12.3 Å². The number of nitrogens with zero attached hydrogens (tertiary/aromatic N) is 3. The molecule has 1 fully saturated rings. The lowest BCUT2D eigenvalue weighted by atomic mass is 9.77. The Morgan fingerprint density at radius 2 is 1.51 bits per heavy atom. The van der Waals surface area contributed by atoms with E-state index in [0.29, 0.717) is 22.0 Å². The number of benzene rings is 3. The summed E-state index contributed by atoms with van der Waals surface area (Å²) in [6.07, 6.45) is 0. The molecule has 3 aromatic carbocycles. The van der Waals surface area contributed by atoms with Gasteiger partial charge in [-0.25, -0.2) is 9.69 Å². The highest BCUT2D eigenvalue weighted by Crippen LogP contribution is 2.44. The summed E-state index contributed by atoms with van der Waals surface area (Å²) in [4.78, 5) is 42.1. The number of hydrazone groups is 1. The van der Waals surface area contributed by atoms with Crippen LogP contribution in [0.25, 0.3) is 0 Å². The van der Waals surface area contributed by atoms with Crippen LogP contribution in [0.1, 0.15) is 18.4 Å². The number of anilines is 2. The monoisotopic (exact) mass is 487 g/mol. The van der Waals surface area contributed by atoms with Gasteiger partial charge in [0.1, 0.15) is 6.04 Å². The van der Waals surface area contributed by atoms with Gasteiger partial charge >= 0.3 is 5.97 Å². The quantitative estimate of drug-likeness (QED) is 0.393. The van der Waals surface area contributed by atoms with Gasteiger partial charge < -0.3 is 4.74 Å². The standard InChI is InChI=1S/C27H22ClN3O4/c1-2-35-27(34)23-21(17-9-5-3-6-10-17)22-24(31(29-23)20-15-13-18(28)14-16-20)26(33)30(25(22)32)19-11-7-4-8-12-19/h3-16,21-22,24H,2H2,1H3. The van der Waals surface area contributed by atoms with E-state index in [1.807, 2.05) is 36.4 Å². The topological polar surface area (TPSA) is 79.3 Å². The minimum absolute atomic E-state index is 0.0744. The predicted octanol–water partition coefficient (Wildman–Crippen LogP) is 4.42. The first-order chi connectivity index (χ1) is 17.0. The summed E-state index contributed by atoms with van der Waals surface area (Å²) in [6.45, 7) is 1.86. The number of hydrogen-bond donors (Lipinski definition) is 0. The Morgan fingerprint density at radius 1 is 0.886 bits per heavy atom. The van der Waals surface area contributed by atoms with Crippen LogP contribution in [-0.2, 0) is 19.1 Å². The fraction of sp³-hybridized carbons (Fsp3) is 0.185. The number of ether oxygens (including phenoxy) is 1. The van der Waals surface area contributed by atoms with Crippen molar-refractivity contribution in [1.29, 1.82) is 0 Å². The number of imide groups is 1. The van der Waals surface area contributed by atoms with Crippen molar-refractivity contribution in [3.63, 3.8) is 0 Å². The molecule has 1 saturated heterocycles. The summed E-state index contributed by atoms with van der Waals surface area (Å²) in [5.74, 6) is -3.08. The third-order valence-corrected chi connectivity index (χ3v) is 6.45. The molecule has 0 N–H and O–H groups in total. The van der Waals surface area contributed by atoms with Crippen LogP contribution >= 0.6 is 11.6 Å². The van der Waals surface area contributed by atoms with Gasteiger partial charge in [0.2, 0.25) is 5.91 Å². The normalized spacial score (nSPS) is 21.5. The zero-order valence-corrected chi connectivity index (χ0v) is 19.6. The zero-order chi connectivity index (χ0) is 24.5. The number of fused-ring (bicyclic) bond motifs is 1. The zero-order valence-electron chi connectivity index (χ0n) is 18.9. The van der Waals surface area contributed by atoms with Gasteiger partial charge in [0.05, 0.1) is 23.9 Å². The second kappa shape index (κ2) is 9.35. The first-order valence-electron chi connectivity index (χ1n) is 11.3. The van der Waals surface area contributed by atoms with Crippen molar-refractivity contribution in [2.24, 2.45) is 11.0 Å². The maximum Gasteiger partial charge on any atom is 0.355 e. The van der Waals surface area contributed by atoms with Gasteiger partial charge in [-0.15, -0.1) is 0 Å². The highest BCUT2D eigenvalue weighted by Gasteiger charge is 2.59. The van der Waals surface area contributed by atoms with E-state index in [0.717, 1.165) is 0 Å². The van der Waals surface area contributed by atoms with Crippen LogP contribution in [0.3, 0.4) is 0 Å². The Balaban J connectivity index is 1.72. The number of esters is 1. The lowest BCUT2D eigenvalue weighted by Gasteiger charge is -2.37. The van der Waals surface area contributed by atoms with Gasteiger partial charge in [0, 0.05) is 10.9 Å². The van der Waals surface area contributed by atoms with Crippen LogP contribution in [-0.4, -0.2) is 36.1 Å². The average Bonchev–Trinajstić information content (AvgIpc) is 3.15. The van der Waals surface area contributed by atoms with Gasteiger partial charge in [0.15, 0.2) is 5.71 Å². The molecule has 2 aliphatic heterocycles. The summed E-state index contributed by atoms with van der Waals surface area (Å²) in [5.41, 5.74) is 1.79. The van der Waals surface area contributed by atoms with Gasteiger partial charge in [-0.05, 0) is 48.9 Å². The molecule has 35 heavy (non-hydrogen) atoms. The van der Waals surface area contributed by atoms with E-state index in [9.17, 15) is 14.4 Å². The largest absolute Gasteiger partial charge is 0.461 e. The second-order valence-corrected chi connectivity index (χ2v) is 8.67. The third kappa shape index (κ3) is 3.98. The van der Waals surface area contributed by atoms with Gasteiger partial charge in [-0.3, -0.25) is 14.6 Å². The Labute approximate surface area is 207 Å². The first kappa shape index (κ1) is 22.8. The van der Waals surface area contributed by atoms with Gasteiger partial charge in [-0.1, -0.05) is 60.1 Å². The van der Waals surface area contributed by atoms with Crippen molar-refractivity contribution in [2.75, 3.05) is 16.5 Å². The molecule has 3 atom stereocenters. The number of carbonyl (C=O) groups is 3. The molecule has 0 aromatic heterocycles. The lowest BCUT2D eigenvalue weighted by Crippen LogP contribution is -2.51. The van der Waals surface area contributed by atoms with Crippen molar-refractivity contribution in [1.82, 2.24) is 0 Å². The number of hydrogen-bond acceptors (Lipinski definition) is 6. The molecular weight excluding hydrogens is 466 g/mol. The lowest BCUT2D eigenvalue weighted by molar-refractivity contribution is -0.135. The Hall–Kier alpha value is -3.97.